The van der Waals surface area contributed by atoms with Crippen LogP contribution in [0.5, 0.6) is 0 Å². The molecule has 0 radical (unpaired) electrons. The Hall–Kier alpha value is -2.08. The first-order chi connectivity index (χ1) is 11.4. The van der Waals surface area contributed by atoms with E-state index in [0.29, 0.717) is 26.2 Å². The number of anilines is 1. The molecule has 0 bridgehead atoms. The highest BCUT2D eigenvalue weighted by atomic mass is 127. The molecule has 7 heteroatoms. The van der Waals surface area contributed by atoms with E-state index in [1.165, 1.54) is 13.1 Å². The van der Waals surface area contributed by atoms with Crippen molar-refractivity contribution in [2.24, 2.45) is 0 Å². The highest BCUT2D eigenvalue weighted by Crippen LogP contribution is 2.18. The van der Waals surface area contributed by atoms with Crippen LogP contribution in [0.3, 0.4) is 0 Å². The molecule has 1 aliphatic heterocycles. The first kappa shape index (κ1) is 18.3. The smallest absolute Gasteiger partial charge is 0.266 e. The third-order valence-electron chi connectivity index (χ3n) is 3.92. The van der Waals surface area contributed by atoms with Crippen molar-refractivity contribution in [3.05, 3.63) is 39.1 Å². The lowest BCUT2D eigenvalue weighted by atomic mass is 10.2. The molecule has 2 rings (SSSR count). The van der Waals surface area contributed by atoms with E-state index < -0.39 is 0 Å². The van der Waals surface area contributed by atoms with Gasteiger partial charge in [-0.3, -0.25) is 9.59 Å². The Morgan fingerprint density at radius 1 is 1.25 bits per heavy atom. The van der Waals surface area contributed by atoms with E-state index in [4.69, 9.17) is 0 Å². The molecule has 1 aromatic carbocycles. The van der Waals surface area contributed by atoms with Crippen LogP contribution in [0.4, 0.5) is 5.69 Å². The summed E-state index contributed by atoms with van der Waals surface area (Å²) in [6.07, 6.45) is 1.45. The Bertz CT molecular complexity index is 716. The Morgan fingerprint density at radius 3 is 2.42 bits per heavy atom. The molecule has 0 unspecified atom stereocenters. The summed E-state index contributed by atoms with van der Waals surface area (Å²) in [7, 11) is 0. The molecular weight excluding hydrogens is 419 g/mol. The second-order valence-electron chi connectivity index (χ2n) is 5.57. The molecule has 1 fully saturated rings. The number of piperazine rings is 1. The van der Waals surface area contributed by atoms with Crippen LogP contribution in [-0.2, 0) is 9.59 Å². The number of carbonyl (C=O) groups is 2. The molecule has 0 saturated carbocycles. The maximum Gasteiger partial charge on any atom is 0.266 e. The molecule has 0 atom stereocenters. The third kappa shape index (κ3) is 4.47. The zero-order valence-corrected chi connectivity index (χ0v) is 15.8. The predicted octanol–water partition coefficient (Wildman–Crippen LogP) is 2.11. The van der Waals surface area contributed by atoms with Crippen LogP contribution in [0.15, 0.2) is 30.0 Å². The van der Waals surface area contributed by atoms with Crippen molar-refractivity contribution >= 4 is 40.1 Å². The fourth-order valence-electron chi connectivity index (χ4n) is 2.48. The minimum atomic E-state index is -0.309. The summed E-state index contributed by atoms with van der Waals surface area (Å²) in [6, 6.07) is 7.85. The third-order valence-corrected chi connectivity index (χ3v) is 4.59. The monoisotopic (exact) mass is 438 g/mol. The number of hydrogen-bond donors (Lipinski definition) is 1. The lowest BCUT2D eigenvalue weighted by Gasteiger charge is -2.34. The maximum absolute atomic E-state index is 12.5. The number of aryl methyl sites for hydroxylation is 1. The largest absolute Gasteiger partial charge is 0.360 e. The summed E-state index contributed by atoms with van der Waals surface area (Å²) in [5.74, 6) is -0.301. The molecule has 1 aliphatic rings. The van der Waals surface area contributed by atoms with Crippen LogP contribution < -0.4 is 5.32 Å². The molecule has 126 valence electrons. The molecule has 0 aromatic heterocycles. The molecule has 1 N–H and O–H groups in total. The van der Waals surface area contributed by atoms with Crippen LogP contribution in [0, 0.1) is 21.8 Å². The van der Waals surface area contributed by atoms with Crippen molar-refractivity contribution in [2.75, 3.05) is 31.5 Å². The Labute approximate surface area is 155 Å². The van der Waals surface area contributed by atoms with E-state index in [-0.39, 0.29) is 17.4 Å². The highest BCUT2D eigenvalue weighted by molar-refractivity contribution is 14.1. The molecule has 24 heavy (non-hydrogen) atoms. The minimum Gasteiger partial charge on any atom is -0.360 e. The van der Waals surface area contributed by atoms with Crippen LogP contribution >= 0.6 is 22.6 Å². The minimum absolute atomic E-state index is 0.00833. The average molecular weight is 438 g/mol. The van der Waals surface area contributed by atoms with Gasteiger partial charge in [-0.15, -0.1) is 0 Å². The van der Waals surface area contributed by atoms with E-state index in [1.807, 2.05) is 31.2 Å². The second kappa shape index (κ2) is 8.15. The maximum atomic E-state index is 12.5. The number of hydrogen-bond acceptors (Lipinski definition) is 4. The van der Waals surface area contributed by atoms with E-state index in [2.05, 4.69) is 27.9 Å². The van der Waals surface area contributed by atoms with Crippen molar-refractivity contribution in [3.8, 4) is 6.07 Å². The number of halogens is 1. The van der Waals surface area contributed by atoms with Gasteiger partial charge in [-0.2, -0.15) is 5.26 Å². The van der Waals surface area contributed by atoms with Crippen molar-refractivity contribution < 1.29 is 9.59 Å². The van der Waals surface area contributed by atoms with Gasteiger partial charge in [0.05, 0.1) is 0 Å². The van der Waals surface area contributed by atoms with E-state index >= 15 is 0 Å². The van der Waals surface area contributed by atoms with Gasteiger partial charge in [0.25, 0.3) is 5.91 Å². The average Bonchev–Trinajstić information content (AvgIpc) is 2.57. The molecule has 0 spiro atoms. The van der Waals surface area contributed by atoms with Crippen LogP contribution in [0.2, 0.25) is 0 Å². The van der Waals surface area contributed by atoms with Gasteiger partial charge in [-0.25, -0.2) is 0 Å². The van der Waals surface area contributed by atoms with Crippen LogP contribution in [-0.4, -0.2) is 47.8 Å². The number of nitrogens with zero attached hydrogens (tertiary/aromatic N) is 3. The number of benzene rings is 1. The van der Waals surface area contributed by atoms with Gasteiger partial charge < -0.3 is 15.1 Å². The zero-order chi connectivity index (χ0) is 17.7. The van der Waals surface area contributed by atoms with Crippen molar-refractivity contribution in [2.45, 2.75) is 13.8 Å². The first-order valence-corrected chi connectivity index (χ1v) is 8.68. The number of amides is 2. The lowest BCUT2D eigenvalue weighted by molar-refractivity contribution is -0.136. The summed E-state index contributed by atoms with van der Waals surface area (Å²) in [4.78, 5) is 27.1. The van der Waals surface area contributed by atoms with Crippen molar-refractivity contribution in [1.82, 2.24) is 9.80 Å². The van der Waals surface area contributed by atoms with Gasteiger partial charge in [-0.05, 0) is 53.3 Å². The van der Waals surface area contributed by atoms with Crippen LogP contribution in [0.25, 0.3) is 0 Å². The van der Waals surface area contributed by atoms with E-state index in [1.54, 1.807) is 9.80 Å². The summed E-state index contributed by atoms with van der Waals surface area (Å²) < 4.78 is 1.12. The van der Waals surface area contributed by atoms with Crippen molar-refractivity contribution in [3.63, 3.8) is 0 Å². The molecule has 2 amide bonds. The quantitative estimate of drug-likeness (QED) is 0.446. The van der Waals surface area contributed by atoms with Gasteiger partial charge in [-0.1, -0.05) is 0 Å². The molecule has 6 nitrogen and oxygen atoms in total. The fraction of sp³-hybridized carbons (Fsp3) is 0.353. The SMILES string of the molecule is CC(=O)N1CCN(C(=O)/C(C#N)=C\Nc2ccc(I)cc2C)CC1. The molecule has 1 saturated heterocycles. The Morgan fingerprint density at radius 2 is 1.88 bits per heavy atom. The predicted molar refractivity (Wildman–Crippen MR) is 100 cm³/mol. The highest BCUT2D eigenvalue weighted by Gasteiger charge is 2.24. The van der Waals surface area contributed by atoms with Gasteiger partial charge in [0.15, 0.2) is 0 Å². The topological polar surface area (TPSA) is 76.4 Å². The zero-order valence-electron chi connectivity index (χ0n) is 13.7. The molecule has 1 heterocycles. The summed E-state index contributed by atoms with van der Waals surface area (Å²) >= 11 is 2.23. The number of nitrogens with one attached hydrogen (secondary N) is 1. The Balaban J connectivity index is 2.04. The summed E-state index contributed by atoms with van der Waals surface area (Å²) in [5.41, 5.74) is 1.96. The normalized spacial score (nSPS) is 15.0. The first-order valence-electron chi connectivity index (χ1n) is 7.60. The van der Waals surface area contributed by atoms with Gasteiger partial charge >= 0.3 is 0 Å². The number of carbonyl (C=O) groups excluding carboxylic acids is 2. The van der Waals surface area contributed by atoms with E-state index in [0.717, 1.165) is 14.8 Å². The molecular formula is C17H19IN4O2. The van der Waals surface area contributed by atoms with Crippen molar-refractivity contribution in [1.29, 1.82) is 5.26 Å². The molecule has 1 aromatic rings. The van der Waals surface area contributed by atoms with E-state index in [9.17, 15) is 14.9 Å². The summed E-state index contributed by atoms with van der Waals surface area (Å²) in [6.45, 7) is 5.38. The van der Waals surface area contributed by atoms with Crippen LogP contribution in [0.1, 0.15) is 12.5 Å². The molecule has 0 aliphatic carbocycles. The summed E-state index contributed by atoms with van der Waals surface area (Å²) in [5, 5.41) is 12.3. The fourth-order valence-corrected chi connectivity index (χ4v) is 3.12. The lowest BCUT2D eigenvalue weighted by Crippen LogP contribution is -2.50. The van der Waals surface area contributed by atoms with Gasteiger partial charge in [0.1, 0.15) is 11.6 Å². The van der Waals surface area contributed by atoms with Gasteiger partial charge in [0, 0.05) is 48.6 Å². The number of rotatable bonds is 3. The standard InChI is InChI=1S/C17H19IN4O2/c1-12-9-15(18)3-4-16(12)20-11-14(10-19)17(24)22-7-5-21(6-8-22)13(2)23/h3-4,9,11,20H,5-8H2,1-2H3/b14-11-. The van der Waals surface area contributed by atoms with Gasteiger partial charge in [0.2, 0.25) is 5.91 Å². The number of nitriles is 1. The second-order valence-corrected chi connectivity index (χ2v) is 6.82. The Kier molecular flexibility index (Phi) is 6.20.